The van der Waals surface area contributed by atoms with Gasteiger partial charge in [0.05, 0.1) is 0 Å². The van der Waals surface area contributed by atoms with Crippen molar-refractivity contribution in [3.63, 3.8) is 0 Å². The molecule has 2 aromatic rings. The third kappa shape index (κ3) is 1.87. The Morgan fingerprint density at radius 3 is 3.12 bits per heavy atom. The predicted octanol–water partition coefficient (Wildman–Crippen LogP) is 2.05. The van der Waals surface area contributed by atoms with Crippen molar-refractivity contribution in [1.82, 2.24) is 4.98 Å². The summed E-state index contributed by atoms with van der Waals surface area (Å²) in [6.45, 7) is 2.29. The van der Waals surface area contributed by atoms with Crippen LogP contribution in [0.15, 0.2) is 36.7 Å². The summed E-state index contributed by atoms with van der Waals surface area (Å²) in [6, 6.07) is 8.38. The molecule has 0 radical (unpaired) electrons. The van der Waals surface area contributed by atoms with Gasteiger partial charge in [-0.2, -0.15) is 0 Å². The van der Waals surface area contributed by atoms with Crippen molar-refractivity contribution in [3.8, 4) is 0 Å². The van der Waals surface area contributed by atoms with Crippen LogP contribution in [-0.4, -0.2) is 29.8 Å². The fourth-order valence-electron chi connectivity index (χ4n) is 2.58. The van der Waals surface area contributed by atoms with E-state index < -0.39 is 0 Å². The first-order valence-electron chi connectivity index (χ1n) is 6.07. The summed E-state index contributed by atoms with van der Waals surface area (Å²) in [5.41, 5.74) is 1.26. The van der Waals surface area contributed by atoms with E-state index >= 15 is 0 Å². The number of anilines is 1. The van der Waals surface area contributed by atoms with Gasteiger partial charge in [-0.1, -0.05) is 12.1 Å². The van der Waals surface area contributed by atoms with Crippen molar-refractivity contribution >= 4 is 16.5 Å². The highest BCUT2D eigenvalue weighted by Crippen LogP contribution is 2.30. The van der Waals surface area contributed by atoms with E-state index in [0.717, 1.165) is 19.5 Å². The molecule has 2 heterocycles. The average molecular weight is 228 g/mol. The summed E-state index contributed by atoms with van der Waals surface area (Å²) in [4.78, 5) is 6.52. The summed E-state index contributed by atoms with van der Waals surface area (Å²) in [7, 11) is 0. The second kappa shape index (κ2) is 4.34. The maximum absolute atomic E-state index is 9.21. The van der Waals surface area contributed by atoms with Crippen LogP contribution in [0.25, 0.3) is 10.8 Å². The highest BCUT2D eigenvalue weighted by molar-refractivity contribution is 5.93. The Kier molecular flexibility index (Phi) is 2.69. The van der Waals surface area contributed by atoms with Crippen LogP contribution >= 0.6 is 0 Å². The molecule has 0 spiro atoms. The van der Waals surface area contributed by atoms with Gasteiger partial charge in [0.15, 0.2) is 0 Å². The summed E-state index contributed by atoms with van der Waals surface area (Å²) in [5.74, 6) is 0.423. The minimum absolute atomic E-state index is 0.294. The Hall–Kier alpha value is -1.61. The largest absolute Gasteiger partial charge is 0.396 e. The van der Waals surface area contributed by atoms with Crippen LogP contribution in [0, 0.1) is 5.92 Å². The number of rotatable bonds is 2. The van der Waals surface area contributed by atoms with Gasteiger partial charge in [0.1, 0.15) is 0 Å². The van der Waals surface area contributed by atoms with Crippen molar-refractivity contribution in [2.45, 2.75) is 6.42 Å². The molecule has 1 saturated heterocycles. The van der Waals surface area contributed by atoms with Gasteiger partial charge in [0.25, 0.3) is 0 Å². The Labute approximate surface area is 101 Å². The molecule has 1 fully saturated rings. The van der Waals surface area contributed by atoms with E-state index in [-0.39, 0.29) is 0 Å². The minimum atomic E-state index is 0.294. The lowest BCUT2D eigenvalue weighted by Gasteiger charge is -2.20. The van der Waals surface area contributed by atoms with Gasteiger partial charge < -0.3 is 10.0 Å². The van der Waals surface area contributed by atoms with Crippen LogP contribution in [-0.2, 0) is 0 Å². The molecule has 1 N–H and O–H groups in total. The molecular weight excluding hydrogens is 212 g/mol. The highest BCUT2D eigenvalue weighted by atomic mass is 16.3. The summed E-state index contributed by atoms with van der Waals surface area (Å²) in [6.07, 6.45) is 4.82. The smallest absolute Gasteiger partial charge is 0.0476 e. The predicted molar refractivity (Wildman–Crippen MR) is 69.1 cm³/mol. The van der Waals surface area contributed by atoms with Crippen molar-refractivity contribution < 1.29 is 5.11 Å². The SMILES string of the molecule is OCC1CCN(c2cccc3cnccc23)C1. The molecular formula is C14H16N2O. The first-order valence-corrected chi connectivity index (χ1v) is 6.07. The maximum atomic E-state index is 9.21. The van der Waals surface area contributed by atoms with E-state index in [0.29, 0.717) is 12.5 Å². The first-order chi connectivity index (χ1) is 8.38. The summed E-state index contributed by atoms with van der Waals surface area (Å²) in [5, 5.41) is 11.6. The normalized spacial score (nSPS) is 20.1. The van der Waals surface area contributed by atoms with E-state index in [9.17, 15) is 5.11 Å². The van der Waals surface area contributed by atoms with Crippen LogP contribution in [0.3, 0.4) is 0 Å². The van der Waals surface area contributed by atoms with Crippen molar-refractivity contribution in [3.05, 3.63) is 36.7 Å². The molecule has 3 heteroatoms. The minimum Gasteiger partial charge on any atom is -0.396 e. The molecule has 1 aliphatic rings. The van der Waals surface area contributed by atoms with E-state index in [2.05, 4.69) is 34.1 Å². The van der Waals surface area contributed by atoms with Gasteiger partial charge in [-0.3, -0.25) is 4.98 Å². The molecule has 17 heavy (non-hydrogen) atoms. The number of aliphatic hydroxyl groups is 1. The lowest BCUT2D eigenvalue weighted by Crippen LogP contribution is -2.20. The number of hydrogen-bond donors (Lipinski definition) is 1. The lowest BCUT2D eigenvalue weighted by atomic mass is 10.1. The number of benzene rings is 1. The number of hydrogen-bond acceptors (Lipinski definition) is 3. The number of aliphatic hydroxyl groups excluding tert-OH is 1. The Morgan fingerprint density at radius 2 is 2.29 bits per heavy atom. The molecule has 1 aromatic carbocycles. The lowest BCUT2D eigenvalue weighted by molar-refractivity contribution is 0.238. The van der Waals surface area contributed by atoms with Crippen molar-refractivity contribution in [2.24, 2.45) is 5.92 Å². The molecule has 1 aliphatic heterocycles. The van der Waals surface area contributed by atoms with E-state index in [1.165, 1.54) is 16.5 Å². The first kappa shape index (κ1) is 10.5. The van der Waals surface area contributed by atoms with Gasteiger partial charge in [-0.25, -0.2) is 0 Å². The quantitative estimate of drug-likeness (QED) is 0.854. The Morgan fingerprint density at radius 1 is 1.35 bits per heavy atom. The van der Waals surface area contributed by atoms with E-state index in [1.54, 1.807) is 0 Å². The van der Waals surface area contributed by atoms with Crippen LogP contribution in [0.1, 0.15) is 6.42 Å². The van der Waals surface area contributed by atoms with Gasteiger partial charge in [0, 0.05) is 54.5 Å². The van der Waals surface area contributed by atoms with Gasteiger partial charge in [-0.05, 0) is 18.6 Å². The average Bonchev–Trinajstić information content (AvgIpc) is 2.87. The third-order valence-corrected chi connectivity index (χ3v) is 3.54. The molecule has 0 aliphatic carbocycles. The van der Waals surface area contributed by atoms with Gasteiger partial charge in [-0.15, -0.1) is 0 Å². The van der Waals surface area contributed by atoms with Crippen LogP contribution in [0.2, 0.25) is 0 Å². The molecule has 0 amide bonds. The molecule has 1 atom stereocenters. The maximum Gasteiger partial charge on any atom is 0.0476 e. The summed E-state index contributed by atoms with van der Waals surface area (Å²) >= 11 is 0. The molecule has 3 nitrogen and oxygen atoms in total. The molecule has 88 valence electrons. The highest BCUT2D eigenvalue weighted by Gasteiger charge is 2.22. The zero-order valence-corrected chi connectivity index (χ0v) is 9.71. The topological polar surface area (TPSA) is 36.4 Å². The number of fused-ring (bicyclic) bond motifs is 1. The molecule has 1 unspecified atom stereocenters. The zero-order chi connectivity index (χ0) is 11.7. The van der Waals surface area contributed by atoms with Crippen molar-refractivity contribution in [1.29, 1.82) is 0 Å². The van der Waals surface area contributed by atoms with E-state index in [4.69, 9.17) is 0 Å². The Bertz CT molecular complexity index is 521. The second-order valence-electron chi connectivity index (χ2n) is 4.66. The standard InChI is InChI=1S/C14H16N2O/c17-10-11-5-7-16(9-11)14-3-1-2-12-8-15-6-4-13(12)14/h1-4,6,8,11,17H,5,7,9-10H2. The van der Waals surface area contributed by atoms with Gasteiger partial charge in [0.2, 0.25) is 0 Å². The van der Waals surface area contributed by atoms with Crippen LogP contribution < -0.4 is 4.90 Å². The number of aromatic nitrogens is 1. The Balaban J connectivity index is 2.00. The fourth-order valence-corrected chi connectivity index (χ4v) is 2.58. The summed E-state index contributed by atoms with van der Waals surface area (Å²) < 4.78 is 0. The molecule has 1 aromatic heterocycles. The number of pyridine rings is 1. The van der Waals surface area contributed by atoms with Crippen LogP contribution in [0.5, 0.6) is 0 Å². The third-order valence-electron chi connectivity index (χ3n) is 3.54. The monoisotopic (exact) mass is 228 g/mol. The molecule has 0 bridgehead atoms. The zero-order valence-electron chi connectivity index (χ0n) is 9.71. The second-order valence-corrected chi connectivity index (χ2v) is 4.66. The molecule has 0 saturated carbocycles. The van der Waals surface area contributed by atoms with Gasteiger partial charge >= 0.3 is 0 Å². The van der Waals surface area contributed by atoms with E-state index in [1.807, 2.05) is 12.4 Å². The van der Waals surface area contributed by atoms with Crippen LogP contribution in [0.4, 0.5) is 5.69 Å². The molecule has 3 rings (SSSR count). The van der Waals surface area contributed by atoms with Crippen molar-refractivity contribution in [2.75, 3.05) is 24.6 Å². The number of nitrogens with zero attached hydrogens (tertiary/aromatic N) is 2. The fraction of sp³-hybridized carbons (Fsp3) is 0.357.